The molecule has 0 aliphatic carbocycles. The summed E-state index contributed by atoms with van der Waals surface area (Å²) in [6.07, 6.45) is -0.451. The van der Waals surface area contributed by atoms with Crippen molar-refractivity contribution in [2.75, 3.05) is 25.1 Å². The first-order chi connectivity index (χ1) is 9.15. The summed E-state index contributed by atoms with van der Waals surface area (Å²) in [5.41, 5.74) is 0.691. The van der Waals surface area contributed by atoms with E-state index in [1.54, 1.807) is 24.3 Å². The SMILES string of the molecule is [CH2]CC(=O)Nc1ccc(OCC(O)COCC)cc1. The van der Waals surface area contributed by atoms with Crippen molar-refractivity contribution in [3.63, 3.8) is 0 Å². The monoisotopic (exact) mass is 266 g/mol. The zero-order valence-electron chi connectivity index (χ0n) is 11.1. The van der Waals surface area contributed by atoms with Crippen LogP contribution in [0.4, 0.5) is 5.69 Å². The van der Waals surface area contributed by atoms with E-state index in [0.29, 0.717) is 18.0 Å². The van der Waals surface area contributed by atoms with E-state index in [1.165, 1.54) is 0 Å². The van der Waals surface area contributed by atoms with Crippen molar-refractivity contribution >= 4 is 11.6 Å². The van der Waals surface area contributed by atoms with E-state index in [4.69, 9.17) is 9.47 Å². The molecule has 0 saturated heterocycles. The van der Waals surface area contributed by atoms with Gasteiger partial charge in [-0.1, -0.05) is 0 Å². The first-order valence-electron chi connectivity index (χ1n) is 6.23. The average Bonchev–Trinajstić information content (AvgIpc) is 2.44. The molecule has 2 N–H and O–H groups in total. The van der Waals surface area contributed by atoms with Gasteiger partial charge in [-0.25, -0.2) is 0 Å². The highest BCUT2D eigenvalue weighted by atomic mass is 16.5. The van der Waals surface area contributed by atoms with Crippen molar-refractivity contribution in [1.82, 2.24) is 0 Å². The van der Waals surface area contributed by atoms with E-state index in [2.05, 4.69) is 12.2 Å². The van der Waals surface area contributed by atoms with Crippen molar-refractivity contribution in [3.05, 3.63) is 31.2 Å². The van der Waals surface area contributed by atoms with Crippen LogP contribution in [0.5, 0.6) is 5.75 Å². The Morgan fingerprint density at radius 3 is 2.63 bits per heavy atom. The third-order valence-electron chi connectivity index (χ3n) is 2.32. The number of aliphatic hydroxyl groups is 1. The Morgan fingerprint density at radius 1 is 1.37 bits per heavy atom. The summed E-state index contributed by atoms with van der Waals surface area (Å²) in [6.45, 7) is 6.36. The van der Waals surface area contributed by atoms with Crippen LogP contribution in [0.25, 0.3) is 0 Å². The van der Waals surface area contributed by atoms with E-state index in [9.17, 15) is 9.90 Å². The van der Waals surface area contributed by atoms with Gasteiger partial charge < -0.3 is 19.9 Å². The smallest absolute Gasteiger partial charge is 0.224 e. The second-order valence-electron chi connectivity index (χ2n) is 3.95. The fourth-order valence-electron chi connectivity index (χ4n) is 1.35. The maximum Gasteiger partial charge on any atom is 0.224 e. The van der Waals surface area contributed by atoms with Crippen LogP contribution in [-0.4, -0.2) is 36.9 Å². The molecular weight excluding hydrogens is 246 g/mol. The number of nitrogens with one attached hydrogen (secondary N) is 1. The number of benzene rings is 1. The Kier molecular flexibility index (Phi) is 6.92. The zero-order chi connectivity index (χ0) is 14.1. The number of ether oxygens (including phenoxy) is 2. The van der Waals surface area contributed by atoms with Gasteiger partial charge in [0.05, 0.1) is 6.61 Å². The number of carbonyl (C=O) groups is 1. The number of aliphatic hydroxyl groups excluding tert-OH is 1. The van der Waals surface area contributed by atoms with Gasteiger partial charge >= 0.3 is 0 Å². The molecule has 1 atom stereocenters. The van der Waals surface area contributed by atoms with Gasteiger partial charge in [0.1, 0.15) is 18.5 Å². The standard InChI is InChI=1S/C14H20NO4/c1-3-14(17)15-11-5-7-13(8-6-11)19-10-12(16)9-18-4-2/h5-8,12,16H,1,3-4,9-10H2,2H3,(H,15,17). The van der Waals surface area contributed by atoms with Gasteiger partial charge in [0.25, 0.3) is 0 Å². The number of hydrogen-bond acceptors (Lipinski definition) is 4. The van der Waals surface area contributed by atoms with Crippen LogP contribution in [0.15, 0.2) is 24.3 Å². The number of rotatable bonds is 8. The van der Waals surface area contributed by atoms with Crippen LogP contribution in [0.2, 0.25) is 0 Å². The molecular formula is C14H20NO4. The van der Waals surface area contributed by atoms with Gasteiger partial charge in [-0.3, -0.25) is 4.79 Å². The van der Waals surface area contributed by atoms with Crippen LogP contribution in [0.1, 0.15) is 13.3 Å². The molecule has 1 radical (unpaired) electrons. The number of anilines is 1. The number of hydrogen-bond donors (Lipinski definition) is 2. The lowest BCUT2D eigenvalue weighted by atomic mass is 10.3. The minimum Gasteiger partial charge on any atom is -0.491 e. The van der Waals surface area contributed by atoms with Crippen molar-refractivity contribution < 1.29 is 19.4 Å². The molecule has 0 saturated carbocycles. The van der Waals surface area contributed by atoms with Gasteiger partial charge in [0.2, 0.25) is 5.91 Å². The molecule has 0 fully saturated rings. The molecule has 5 nitrogen and oxygen atoms in total. The molecule has 0 bridgehead atoms. The zero-order valence-corrected chi connectivity index (χ0v) is 11.1. The maximum absolute atomic E-state index is 11.1. The summed E-state index contributed by atoms with van der Waals surface area (Å²) in [6, 6.07) is 6.92. The van der Waals surface area contributed by atoms with Crippen LogP contribution in [0, 0.1) is 6.92 Å². The topological polar surface area (TPSA) is 67.8 Å². The molecule has 1 unspecified atom stereocenters. The lowest BCUT2D eigenvalue weighted by molar-refractivity contribution is -0.115. The van der Waals surface area contributed by atoms with Crippen molar-refractivity contribution in [3.8, 4) is 5.75 Å². The second kappa shape index (κ2) is 8.50. The van der Waals surface area contributed by atoms with E-state index in [-0.39, 0.29) is 25.5 Å². The van der Waals surface area contributed by atoms with Gasteiger partial charge in [-0.05, 0) is 38.1 Å². The molecule has 1 aromatic carbocycles. The second-order valence-corrected chi connectivity index (χ2v) is 3.95. The average molecular weight is 266 g/mol. The first-order valence-corrected chi connectivity index (χ1v) is 6.23. The van der Waals surface area contributed by atoms with Crippen LogP contribution >= 0.6 is 0 Å². The summed E-state index contributed by atoms with van der Waals surface area (Å²) in [7, 11) is 0. The molecule has 1 rings (SSSR count). The first kappa shape index (κ1) is 15.5. The van der Waals surface area contributed by atoms with E-state index >= 15 is 0 Å². The molecule has 0 aliphatic rings. The molecule has 0 heterocycles. The third-order valence-corrected chi connectivity index (χ3v) is 2.32. The predicted molar refractivity (Wildman–Crippen MR) is 73.0 cm³/mol. The highest BCUT2D eigenvalue weighted by molar-refractivity contribution is 5.90. The largest absolute Gasteiger partial charge is 0.491 e. The molecule has 19 heavy (non-hydrogen) atoms. The van der Waals surface area contributed by atoms with E-state index < -0.39 is 6.10 Å². The number of amides is 1. The highest BCUT2D eigenvalue weighted by Crippen LogP contribution is 2.16. The minimum atomic E-state index is -0.648. The van der Waals surface area contributed by atoms with Gasteiger partial charge in [-0.2, -0.15) is 0 Å². The Bertz CT molecular complexity index is 378. The summed E-state index contributed by atoms with van der Waals surface area (Å²) in [5, 5.41) is 12.2. The molecule has 1 aromatic rings. The molecule has 5 heteroatoms. The summed E-state index contributed by atoms with van der Waals surface area (Å²) < 4.78 is 10.5. The highest BCUT2D eigenvalue weighted by Gasteiger charge is 2.05. The van der Waals surface area contributed by atoms with Crippen LogP contribution in [0.3, 0.4) is 0 Å². The molecule has 105 valence electrons. The summed E-state index contributed by atoms with van der Waals surface area (Å²) in [4.78, 5) is 11.1. The minimum absolute atomic E-state index is 0.138. The maximum atomic E-state index is 11.1. The molecule has 1 amide bonds. The number of carbonyl (C=O) groups excluding carboxylic acids is 1. The van der Waals surface area contributed by atoms with Crippen molar-refractivity contribution in [2.45, 2.75) is 19.4 Å². The lowest BCUT2D eigenvalue weighted by Crippen LogP contribution is -2.23. The van der Waals surface area contributed by atoms with Gasteiger partial charge in [0.15, 0.2) is 0 Å². The molecule has 0 aliphatic heterocycles. The van der Waals surface area contributed by atoms with E-state index in [0.717, 1.165) is 0 Å². The van der Waals surface area contributed by atoms with Gasteiger partial charge in [0, 0.05) is 18.7 Å². The quantitative estimate of drug-likeness (QED) is 0.750. The van der Waals surface area contributed by atoms with E-state index in [1.807, 2.05) is 6.92 Å². The van der Waals surface area contributed by atoms with Crippen LogP contribution in [-0.2, 0) is 9.53 Å². The summed E-state index contributed by atoms with van der Waals surface area (Å²) >= 11 is 0. The van der Waals surface area contributed by atoms with Crippen molar-refractivity contribution in [2.24, 2.45) is 0 Å². The van der Waals surface area contributed by atoms with Crippen molar-refractivity contribution in [1.29, 1.82) is 0 Å². The normalized spacial score (nSPS) is 11.9. The fourth-order valence-corrected chi connectivity index (χ4v) is 1.35. The molecule has 0 spiro atoms. The van der Waals surface area contributed by atoms with Gasteiger partial charge in [-0.15, -0.1) is 0 Å². The fraction of sp³-hybridized carbons (Fsp3) is 0.429. The summed E-state index contributed by atoms with van der Waals surface area (Å²) in [5.74, 6) is 0.490. The Hall–Kier alpha value is -1.59. The predicted octanol–water partition coefficient (Wildman–Crippen LogP) is 1.63. The Morgan fingerprint density at radius 2 is 2.05 bits per heavy atom. The Labute approximate surface area is 113 Å². The third kappa shape index (κ3) is 6.22. The molecule has 0 aromatic heterocycles. The Balaban J connectivity index is 2.37. The lowest BCUT2D eigenvalue weighted by Gasteiger charge is -2.12. The van der Waals surface area contributed by atoms with Crippen LogP contribution < -0.4 is 10.1 Å².